The Hall–Kier alpha value is -3.35. The summed E-state index contributed by atoms with van der Waals surface area (Å²) >= 11 is 0. The molecular weight excluding hydrogens is 344 g/mol. The first-order chi connectivity index (χ1) is 13.0. The third kappa shape index (κ3) is 4.63. The Bertz CT molecular complexity index is 860. The van der Waals surface area contributed by atoms with E-state index in [1.54, 1.807) is 48.5 Å². The lowest BCUT2D eigenvalue weighted by atomic mass is 10.1. The van der Waals surface area contributed by atoms with Crippen LogP contribution in [0.4, 0.5) is 11.4 Å². The maximum atomic E-state index is 12.5. The van der Waals surface area contributed by atoms with E-state index in [9.17, 15) is 14.4 Å². The van der Waals surface area contributed by atoms with Crippen LogP contribution in [0.1, 0.15) is 33.6 Å². The average molecular weight is 366 g/mol. The Morgan fingerprint density at radius 1 is 1.00 bits per heavy atom. The van der Waals surface area contributed by atoms with Gasteiger partial charge in [-0.3, -0.25) is 14.4 Å². The first-order valence-electron chi connectivity index (χ1n) is 8.86. The zero-order valence-electron chi connectivity index (χ0n) is 14.9. The van der Waals surface area contributed by atoms with E-state index < -0.39 is 5.91 Å². The number of hydrogen-bond acceptors (Lipinski definition) is 4. The van der Waals surface area contributed by atoms with Crippen LogP contribution < -0.4 is 16.4 Å². The van der Waals surface area contributed by atoms with Crippen LogP contribution in [0, 0.1) is 0 Å². The number of carbonyl (C=O) groups is 3. The topological polar surface area (TPSA) is 105 Å². The molecule has 0 saturated carbocycles. The van der Waals surface area contributed by atoms with Crippen molar-refractivity contribution in [3.8, 4) is 0 Å². The number of nitrogens with one attached hydrogen (secondary N) is 2. The van der Waals surface area contributed by atoms with E-state index >= 15 is 0 Å². The van der Waals surface area contributed by atoms with Crippen LogP contribution in [0.25, 0.3) is 0 Å². The standard InChI is InChI=1S/C20H22N4O3/c21-19(26)16-8-1-2-9-17(16)23-18(25)13-22-15-7-5-6-14(12-15)20(27)24-10-3-4-11-24/h1-2,5-9,12,22H,3-4,10-11,13H2,(H2,21,26)(H,23,25). The highest BCUT2D eigenvalue weighted by Gasteiger charge is 2.19. The van der Waals surface area contributed by atoms with Gasteiger partial charge >= 0.3 is 0 Å². The van der Waals surface area contributed by atoms with E-state index in [4.69, 9.17) is 5.73 Å². The number of carbonyl (C=O) groups excluding carboxylic acids is 3. The van der Waals surface area contributed by atoms with E-state index in [2.05, 4.69) is 10.6 Å². The van der Waals surface area contributed by atoms with Crippen molar-refractivity contribution >= 4 is 29.1 Å². The van der Waals surface area contributed by atoms with Crippen molar-refractivity contribution in [2.45, 2.75) is 12.8 Å². The van der Waals surface area contributed by atoms with Gasteiger partial charge in [-0.25, -0.2) is 0 Å². The van der Waals surface area contributed by atoms with E-state index in [1.165, 1.54) is 0 Å². The number of primary amides is 1. The fourth-order valence-electron chi connectivity index (χ4n) is 3.05. The summed E-state index contributed by atoms with van der Waals surface area (Å²) < 4.78 is 0. The molecule has 3 amide bonds. The summed E-state index contributed by atoms with van der Waals surface area (Å²) in [6.45, 7) is 1.57. The lowest BCUT2D eigenvalue weighted by molar-refractivity contribution is -0.114. The third-order valence-corrected chi connectivity index (χ3v) is 4.42. The molecule has 0 spiro atoms. The molecule has 7 nitrogen and oxygen atoms in total. The summed E-state index contributed by atoms with van der Waals surface area (Å²) in [5.74, 6) is -0.914. The molecule has 1 heterocycles. The highest BCUT2D eigenvalue weighted by atomic mass is 16.2. The van der Waals surface area contributed by atoms with Crippen LogP contribution in [0.15, 0.2) is 48.5 Å². The van der Waals surface area contributed by atoms with E-state index in [1.807, 2.05) is 4.90 Å². The number of rotatable bonds is 6. The molecule has 3 rings (SSSR count). The van der Waals surface area contributed by atoms with Crippen molar-refractivity contribution in [1.82, 2.24) is 4.90 Å². The minimum atomic E-state index is -0.605. The number of benzene rings is 2. The van der Waals surface area contributed by atoms with Crippen LogP contribution in [-0.4, -0.2) is 42.3 Å². The van der Waals surface area contributed by atoms with E-state index in [0.717, 1.165) is 25.9 Å². The zero-order chi connectivity index (χ0) is 19.2. The van der Waals surface area contributed by atoms with Crippen LogP contribution in [0.3, 0.4) is 0 Å². The number of para-hydroxylation sites is 1. The van der Waals surface area contributed by atoms with Crippen molar-refractivity contribution in [2.24, 2.45) is 5.73 Å². The van der Waals surface area contributed by atoms with Gasteiger partial charge in [0.15, 0.2) is 0 Å². The molecule has 140 valence electrons. The summed E-state index contributed by atoms with van der Waals surface area (Å²) in [5, 5.41) is 5.67. The maximum absolute atomic E-state index is 12.5. The molecule has 1 aliphatic heterocycles. The van der Waals surface area contributed by atoms with Crippen molar-refractivity contribution in [2.75, 3.05) is 30.3 Å². The first kappa shape index (κ1) is 18.4. The van der Waals surface area contributed by atoms with Gasteiger partial charge in [-0.1, -0.05) is 18.2 Å². The van der Waals surface area contributed by atoms with Crippen molar-refractivity contribution in [3.63, 3.8) is 0 Å². The van der Waals surface area contributed by atoms with Crippen LogP contribution >= 0.6 is 0 Å². The Kier molecular flexibility index (Phi) is 5.71. The summed E-state index contributed by atoms with van der Waals surface area (Å²) in [5.41, 5.74) is 7.21. The Labute approximate surface area is 157 Å². The van der Waals surface area contributed by atoms with Gasteiger partial charge in [0.1, 0.15) is 0 Å². The monoisotopic (exact) mass is 366 g/mol. The number of likely N-dealkylation sites (tertiary alicyclic amines) is 1. The van der Waals surface area contributed by atoms with Crippen molar-refractivity contribution in [3.05, 3.63) is 59.7 Å². The van der Waals surface area contributed by atoms with Gasteiger partial charge in [-0.15, -0.1) is 0 Å². The Balaban J connectivity index is 1.60. The summed E-state index contributed by atoms with van der Waals surface area (Å²) in [6.07, 6.45) is 2.08. The number of anilines is 2. The molecule has 1 fully saturated rings. The summed E-state index contributed by atoms with van der Waals surface area (Å²) in [4.78, 5) is 37.9. The number of amides is 3. The average Bonchev–Trinajstić information content (AvgIpc) is 3.21. The highest BCUT2D eigenvalue weighted by molar-refractivity contribution is 6.03. The molecule has 2 aromatic carbocycles. The molecule has 0 aromatic heterocycles. The molecule has 1 saturated heterocycles. The number of nitrogens with zero attached hydrogens (tertiary/aromatic N) is 1. The molecule has 2 aromatic rings. The van der Waals surface area contributed by atoms with Gasteiger partial charge < -0.3 is 21.3 Å². The smallest absolute Gasteiger partial charge is 0.253 e. The van der Waals surface area contributed by atoms with Gasteiger partial charge in [0.05, 0.1) is 17.8 Å². The Morgan fingerprint density at radius 3 is 2.48 bits per heavy atom. The predicted octanol–water partition coefficient (Wildman–Crippen LogP) is 2.07. The van der Waals surface area contributed by atoms with Gasteiger partial charge in [-0.05, 0) is 43.2 Å². The van der Waals surface area contributed by atoms with Gasteiger partial charge in [-0.2, -0.15) is 0 Å². The molecule has 0 unspecified atom stereocenters. The molecule has 7 heteroatoms. The highest BCUT2D eigenvalue weighted by Crippen LogP contribution is 2.17. The molecule has 0 aliphatic carbocycles. The molecular formula is C20H22N4O3. The van der Waals surface area contributed by atoms with Gasteiger partial charge in [0.2, 0.25) is 5.91 Å². The summed E-state index contributed by atoms with van der Waals surface area (Å²) in [7, 11) is 0. The second-order valence-corrected chi connectivity index (χ2v) is 6.39. The molecule has 4 N–H and O–H groups in total. The van der Waals surface area contributed by atoms with E-state index in [0.29, 0.717) is 16.9 Å². The number of nitrogens with two attached hydrogens (primary N) is 1. The molecule has 0 radical (unpaired) electrons. The SMILES string of the molecule is NC(=O)c1ccccc1NC(=O)CNc1cccc(C(=O)N2CCCC2)c1. The fraction of sp³-hybridized carbons (Fsp3) is 0.250. The van der Waals surface area contributed by atoms with Crippen LogP contribution in [0.5, 0.6) is 0 Å². The largest absolute Gasteiger partial charge is 0.376 e. The van der Waals surface area contributed by atoms with Crippen LogP contribution in [0.2, 0.25) is 0 Å². The van der Waals surface area contributed by atoms with E-state index in [-0.39, 0.29) is 23.9 Å². The molecule has 0 bridgehead atoms. The predicted molar refractivity (Wildman–Crippen MR) is 104 cm³/mol. The minimum absolute atomic E-state index is 0.00550. The fourth-order valence-corrected chi connectivity index (χ4v) is 3.05. The number of hydrogen-bond donors (Lipinski definition) is 3. The second-order valence-electron chi connectivity index (χ2n) is 6.39. The molecule has 0 atom stereocenters. The van der Waals surface area contributed by atoms with Gasteiger partial charge in [0, 0.05) is 24.3 Å². The summed E-state index contributed by atoms with van der Waals surface area (Å²) in [6, 6.07) is 13.7. The van der Waals surface area contributed by atoms with Gasteiger partial charge in [0.25, 0.3) is 11.8 Å². The van der Waals surface area contributed by atoms with Crippen molar-refractivity contribution in [1.29, 1.82) is 0 Å². The Morgan fingerprint density at radius 2 is 1.74 bits per heavy atom. The van der Waals surface area contributed by atoms with Crippen molar-refractivity contribution < 1.29 is 14.4 Å². The normalized spacial score (nSPS) is 13.3. The first-order valence-corrected chi connectivity index (χ1v) is 8.86. The minimum Gasteiger partial charge on any atom is -0.376 e. The zero-order valence-corrected chi connectivity index (χ0v) is 14.9. The molecule has 1 aliphatic rings. The van der Waals surface area contributed by atoms with Crippen LogP contribution in [-0.2, 0) is 4.79 Å². The lowest BCUT2D eigenvalue weighted by Gasteiger charge is -2.16. The maximum Gasteiger partial charge on any atom is 0.253 e. The quantitative estimate of drug-likeness (QED) is 0.728. The second kappa shape index (κ2) is 8.35. The third-order valence-electron chi connectivity index (χ3n) is 4.42. The molecule has 27 heavy (non-hydrogen) atoms. The lowest BCUT2D eigenvalue weighted by Crippen LogP contribution is -2.27.